The number of halogens is 1. The maximum atomic E-state index is 13.0. The maximum absolute atomic E-state index is 13.0. The van der Waals surface area contributed by atoms with Gasteiger partial charge in [0.2, 0.25) is 11.9 Å². The van der Waals surface area contributed by atoms with Crippen molar-refractivity contribution in [1.82, 2.24) is 4.57 Å². The van der Waals surface area contributed by atoms with Gasteiger partial charge in [-0.1, -0.05) is 12.1 Å². The number of oxime groups is 1. The van der Waals surface area contributed by atoms with E-state index in [9.17, 15) is 18.0 Å². The highest BCUT2D eigenvalue weighted by Gasteiger charge is 2.30. The van der Waals surface area contributed by atoms with Crippen LogP contribution in [0.15, 0.2) is 51.2 Å². The van der Waals surface area contributed by atoms with Gasteiger partial charge in [0.15, 0.2) is 12.1 Å². The van der Waals surface area contributed by atoms with Crippen LogP contribution in [0.3, 0.4) is 0 Å². The molecule has 0 aliphatic heterocycles. The molecule has 0 aliphatic carbocycles. The molecule has 0 radical (unpaired) electrons. The van der Waals surface area contributed by atoms with Crippen molar-refractivity contribution in [3.05, 3.63) is 58.0 Å². The Kier molecular flexibility index (Phi) is 8.46. The van der Waals surface area contributed by atoms with Gasteiger partial charge < -0.3 is 22.0 Å². The molecule has 1 aromatic heterocycles. The number of nitrogens with one attached hydrogen (secondary N) is 1. The molecular weight excluding hydrogens is 448 g/mol. The summed E-state index contributed by atoms with van der Waals surface area (Å²) in [5.74, 6) is -1.27. The van der Waals surface area contributed by atoms with Crippen molar-refractivity contribution in [3.63, 3.8) is 0 Å². The van der Waals surface area contributed by atoms with Gasteiger partial charge in [0.05, 0.1) is 4.90 Å². The standard InChI is InChI=1S/C18H24N6O5S.ClH/c1-10-5-4-6-13(9-10)30(27,28)23-14-8-7-11(2)24(17(14)26)15(16(19)25)12(3)29-22-18(20)21;/h4-9,12,15,23H,1-3H3,(H2,19,25)(H4,20,21,22);1H. The minimum absolute atomic E-state index is 0. The summed E-state index contributed by atoms with van der Waals surface area (Å²) in [5.41, 5.74) is 15.9. The van der Waals surface area contributed by atoms with Crippen LogP contribution in [-0.2, 0) is 19.7 Å². The number of rotatable bonds is 8. The molecule has 2 aromatic rings. The second-order valence-electron chi connectivity index (χ2n) is 6.66. The Morgan fingerprint density at radius 2 is 1.81 bits per heavy atom. The van der Waals surface area contributed by atoms with E-state index in [1.54, 1.807) is 26.0 Å². The largest absolute Gasteiger partial charge is 0.387 e. The Hall–Kier alpha value is -3.25. The van der Waals surface area contributed by atoms with Crippen LogP contribution < -0.4 is 27.5 Å². The third-order valence-corrected chi connectivity index (χ3v) is 5.57. The molecule has 1 aromatic carbocycles. The van der Waals surface area contributed by atoms with Crippen LogP contribution in [0.5, 0.6) is 0 Å². The van der Waals surface area contributed by atoms with Gasteiger partial charge in [0, 0.05) is 5.69 Å². The molecule has 0 bridgehead atoms. The van der Waals surface area contributed by atoms with Crippen molar-refractivity contribution in [1.29, 1.82) is 0 Å². The lowest BCUT2D eigenvalue weighted by Crippen LogP contribution is -2.42. The predicted octanol–water partition coefficient (Wildman–Crippen LogP) is 0.308. The third-order valence-electron chi connectivity index (χ3n) is 4.20. The number of hydrogen-bond acceptors (Lipinski definition) is 6. The van der Waals surface area contributed by atoms with Crippen LogP contribution in [0.25, 0.3) is 0 Å². The van der Waals surface area contributed by atoms with Crippen LogP contribution in [-0.4, -0.2) is 31.0 Å². The summed E-state index contributed by atoms with van der Waals surface area (Å²) in [5, 5.41) is 3.38. The third kappa shape index (κ3) is 6.12. The first kappa shape index (κ1) is 25.8. The van der Waals surface area contributed by atoms with E-state index in [1.807, 2.05) is 0 Å². The van der Waals surface area contributed by atoms with Crippen molar-refractivity contribution in [3.8, 4) is 0 Å². The molecule has 1 amide bonds. The van der Waals surface area contributed by atoms with Gasteiger partial charge >= 0.3 is 0 Å². The van der Waals surface area contributed by atoms with Crippen LogP contribution in [0.4, 0.5) is 5.69 Å². The van der Waals surface area contributed by atoms with Gasteiger partial charge in [0.25, 0.3) is 15.6 Å². The van der Waals surface area contributed by atoms with E-state index in [-0.39, 0.29) is 28.9 Å². The van der Waals surface area contributed by atoms with Crippen molar-refractivity contribution in [2.45, 2.75) is 37.8 Å². The quantitative estimate of drug-likeness (QED) is 0.242. The van der Waals surface area contributed by atoms with E-state index in [0.717, 1.165) is 10.1 Å². The first-order valence-corrected chi connectivity index (χ1v) is 10.3. The van der Waals surface area contributed by atoms with E-state index < -0.39 is 33.6 Å². The van der Waals surface area contributed by atoms with Gasteiger partial charge in [0.1, 0.15) is 5.69 Å². The number of nitrogens with zero attached hydrogens (tertiary/aromatic N) is 2. The van der Waals surface area contributed by atoms with E-state index in [0.29, 0.717) is 5.69 Å². The molecule has 0 fully saturated rings. The zero-order valence-electron chi connectivity index (χ0n) is 17.1. The Morgan fingerprint density at radius 3 is 2.35 bits per heavy atom. The fraction of sp³-hybridized carbons (Fsp3) is 0.278. The van der Waals surface area contributed by atoms with Gasteiger partial charge in [-0.15, -0.1) is 12.4 Å². The molecule has 7 N–H and O–H groups in total. The first-order chi connectivity index (χ1) is 13.9. The number of carbonyl (C=O) groups is 1. The normalized spacial score (nSPS) is 12.7. The fourth-order valence-electron chi connectivity index (χ4n) is 2.83. The minimum atomic E-state index is -4.04. The number of guanidine groups is 1. The number of pyridine rings is 1. The number of nitrogens with two attached hydrogens (primary N) is 3. The SMILES string of the molecule is Cc1cccc(S(=O)(=O)Nc2ccc(C)n(C(C(N)=O)C(C)ON=C(N)N)c2=O)c1.Cl. The van der Waals surface area contributed by atoms with Crippen molar-refractivity contribution in [2.24, 2.45) is 22.4 Å². The topological polar surface area (TPSA) is 185 Å². The van der Waals surface area contributed by atoms with Gasteiger partial charge in [-0.25, -0.2) is 8.42 Å². The number of sulfonamides is 1. The predicted molar refractivity (Wildman–Crippen MR) is 119 cm³/mol. The van der Waals surface area contributed by atoms with E-state index >= 15 is 0 Å². The summed E-state index contributed by atoms with van der Waals surface area (Å²) >= 11 is 0. The molecule has 1 heterocycles. The summed E-state index contributed by atoms with van der Waals surface area (Å²) in [6.07, 6.45) is -1.02. The average Bonchev–Trinajstić information content (AvgIpc) is 2.65. The van der Waals surface area contributed by atoms with Crippen LogP contribution in [0.1, 0.15) is 24.2 Å². The number of benzene rings is 1. The molecule has 31 heavy (non-hydrogen) atoms. The highest BCUT2D eigenvalue weighted by Crippen LogP contribution is 2.19. The highest BCUT2D eigenvalue weighted by molar-refractivity contribution is 7.92. The molecule has 0 aliphatic rings. The second-order valence-corrected chi connectivity index (χ2v) is 8.34. The number of primary amides is 1. The van der Waals surface area contributed by atoms with Gasteiger partial charge in [-0.05, 0) is 55.8 Å². The van der Waals surface area contributed by atoms with Crippen molar-refractivity contribution in [2.75, 3.05) is 4.72 Å². The first-order valence-electron chi connectivity index (χ1n) is 8.79. The zero-order chi connectivity index (χ0) is 22.6. The number of carbonyl (C=O) groups excluding carboxylic acids is 1. The summed E-state index contributed by atoms with van der Waals surface area (Å²) in [6, 6.07) is 7.67. The Labute approximate surface area is 185 Å². The number of amides is 1. The smallest absolute Gasteiger partial charge is 0.275 e. The fourth-order valence-corrected chi connectivity index (χ4v) is 3.99. The van der Waals surface area contributed by atoms with Crippen molar-refractivity contribution < 1.29 is 18.0 Å². The molecule has 2 atom stereocenters. The van der Waals surface area contributed by atoms with E-state index in [4.69, 9.17) is 22.0 Å². The second kappa shape index (κ2) is 10.2. The number of anilines is 1. The molecule has 2 rings (SSSR count). The Balaban J connectivity index is 0.00000480. The number of aromatic nitrogens is 1. The molecule has 0 spiro atoms. The van der Waals surface area contributed by atoms with Crippen molar-refractivity contribution >= 4 is 40.0 Å². The summed E-state index contributed by atoms with van der Waals surface area (Å²) in [7, 11) is -4.04. The van der Waals surface area contributed by atoms with Crippen LogP contribution in [0, 0.1) is 13.8 Å². The molecule has 0 saturated heterocycles. The molecular formula is C18H25ClN6O5S. The van der Waals surface area contributed by atoms with Crippen LogP contribution in [0.2, 0.25) is 0 Å². The number of hydrogen-bond donors (Lipinski definition) is 4. The summed E-state index contributed by atoms with van der Waals surface area (Å²) in [4.78, 5) is 30.2. The lowest BCUT2D eigenvalue weighted by molar-refractivity contribution is -0.125. The summed E-state index contributed by atoms with van der Waals surface area (Å²) in [6.45, 7) is 4.74. The van der Waals surface area contributed by atoms with Gasteiger partial charge in [-0.2, -0.15) is 0 Å². The summed E-state index contributed by atoms with van der Waals surface area (Å²) < 4.78 is 28.7. The van der Waals surface area contributed by atoms with E-state index in [1.165, 1.54) is 31.2 Å². The van der Waals surface area contributed by atoms with Crippen LogP contribution >= 0.6 is 12.4 Å². The average molecular weight is 473 g/mol. The molecule has 2 unspecified atom stereocenters. The lowest BCUT2D eigenvalue weighted by Gasteiger charge is -2.24. The molecule has 0 saturated carbocycles. The molecule has 13 heteroatoms. The Bertz CT molecular complexity index is 1140. The minimum Gasteiger partial charge on any atom is -0.387 e. The lowest BCUT2D eigenvalue weighted by atomic mass is 10.1. The van der Waals surface area contributed by atoms with Gasteiger partial charge in [-0.3, -0.25) is 18.9 Å². The highest BCUT2D eigenvalue weighted by atomic mass is 35.5. The molecule has 170 valence electrons. The van der Waals surface area contributed by atoms with E-state index in [2.05, 4.69) is 9.88 Å². The monoisotopic (exact) mass is 472 g/mol. The Morgan fingerprint density at radius 1 is 1.16 bits per heavy atom. The number of aryl methyl sites for hydroxylation is 2. The maximum Gasteiger partial charge on any atom is 0.275 e. The zero-order valence-corrected chi connectivity index (χ0v) is 18.7. The molecule has 11 nitrogen and oxygen atoms in total.